The molecule has 9 heteroatoms. The standard InChI is InChI=1S/C18H24N2O7/c1-25-16(21)15(12-26-11-14-8-5-9-20(14)18(23)24)19-17(22)27-10-13-6-3-2-4-7-13/h2-4,6-7,14-15H,5,8-12H2,1H3,(H,19,22)(H,23,24)/t14-,15?/m0/s1. The van der Waals surface area contributed by atoms with Crippen molar-refractivity contribution in [3.05, 3.63) is 35.9 Å². The van der Waals surface area contributed by atoms with Gasteiger partial charge in [0.2, 0.25) is 0 Å². The molecule has 1 saturated heterocycles. The van der Waals surface area contributed by atoms with Crippen molar-refractivity contribution in [2.24, 2.45) is 0 Å². The molecule has 148 valence electrons. The smallest absolute Gasteiger partial charge is 0.408 e. The highest BCUT2D eigenvalue weighted by molar-refractivity contribution is 5.81. The molecule has 1 aliphatic rings. The molecule has 9 nitrogen and oxygen atoms in total. The highest BCUT2D eigenvalue weighted by atomic mass is 16.6. The molecule has 2 amide bonds. The second kappa shape index (κ2) is 10.4. The number of hydrogen-bond acceptors (Lipinski definition) is 6. The number of benzene rings is 1. The van der Waals surface area contributed by atoms with Crippen LogP contribution in [0.3, 0.4) is 0 Å². The molecule has 1 aromatic rings. The van der Waals surface area contributed by atoms with Crippen LogP contribution in [0.25, 0.3) is 0 Å². The summed E-state index contributed by atoms with van der Waals surface area (Å²) in [7, 11) is 1.20. The van der Waals surface area contributed by atoms with E-state index in [4.69, 9.17) is 14.6 Å². The molecule has 0 aromatic heterocycles. The van der Waals surface area contributed by atoms with Crippen LogP contribution in [0.2, 0.25) is 0 Å². The molecule has 1 heterocycles. The van der Waals surface area contributed by atoms with Gasteiger partial charge in [-0.05, 0) is 18.4 Å². The number of nitrogens with zero attached hydrogens (tertiary/aromatic N) is 1. The van der Waals surface area contributed by atoms with Crippen LogP contribution < -0.4 is 5.32 Å². The molecule has 0 bridgehead atoms. The van der Waals surface area contributed by atoms with Gasteiger partial charge in [0.25, 0.3) is 0 Å². The van der Waals surface area contributed by atoms with E-state index < -0.39 is 24.2 Å². The van der Waals surface area contributed by atoms with Crippen LogP contribution in [-0.2, 0) is 25.6 Å². The largest absolute Gasteiger partial charge is 0.467 e. The molecule has 2 rings (SSSR count). The number of nitrogens with one attached hydrogen (secondary N) is 1. The second-order valence-electron chi connectivity index (χ2n) is 6.09. The maximum atomic E-state index is 11.9. The van der Waals surface area contributed by atoms with Crippen LogP contribution in [0, 0.1) is 0 Å². The summed E-state index contributed by atoms with van der Waals surface area (Å²) in [6.45, 7) is 0.530. The SMILES string of the molecule is COC(=O)C(COC[C@@H]1CCCN1C(=O)O)NC(=O)OCc1ccccc1. The molecule has 0 saturated carbocycles. The predicted molar refractivity (Wildman–Crippen MR) is 94.1 cm³/mol. The Bertz CT molecular complexity index is 638. The summed E-state index contributed by atoms with van der Waals surface area (Å²) in [6.07, 6.45) is -0.300. The number of carbonyl (C=O) groups excluding carboxylic acids is 2. The van der Waals surface area contributed by atoms with Crippen molar-refractivity contribution in [1.82, 2.24) is 10.2 Å². The van der Waals surface area contributed by atoms with Gasteiger partial charge in [0.05, 0.1) is 26.4 Å². The van der Waals surface area contributed by atoms with Gasteiger partial charge in [-0.25, -0.2) is 14.4 Å². The van der Waals surface area contributed by atoms with E-state index in [1.165, 1.54) is 12.0 Å². The first-order valence-electron chi connectivity index (χ1n) is 8.63. The maximum absolute atomic E-state index is 11.9. The van der Waals surface area contributed by atoms with E-state index in [0.29, 0.717) is 13.0 Å². The summed E-state index contributed by atoms with van der Waals surface area (Å²) in [5.74, 6) is -0.673. The molecule has 1 unspecified atom stereocenters. The summed E-state index contributed by atoms with van der Waals surface area (Å²) in [5.41, 5.74) is 0.813. The summed E-state index contributed by atoms with van der Waals surface area (Å²) in [5, 5.41) is 11.5. The lowest BCUT2D eigenvalue weighted by Gasteiger charge is -2.22. The number of esters is 1. The first-order valence-corrected chi connectivity index (χ1v) is 8.63. The van der Waals surface area contributed by atoms with Gasteiger partial charge in [-0.1, -0.05) is 30.3 Å². The van der Waals surface area contributed by atoms with Gasteiger partial charge in [0.15, 0.2) is 6.04 Å². The molecule has 27 heavy (non-hydrogen) atoms. The van der Waals surface area contributed by atoms with Gasteiger partial charge < -0.3 is 29.5 Å². The molecular formula is C18H24N2O7. The summed E-state index contributed by atoms with van der Waals surface area (Å²) >= 11 is 0. The average molecular weight is 380 g/mol. The van der Waals surface area contributed by atoms with E-state index in [1.54, 1.807) is 0 Å². The summed E-state index contributed by atoms with van der Waals surface area (Å²) in [6, 6.07) is 7.82. The number of hydrogen-bond donors (Lipinski definition) is 2. The number of rotatable bonds is 8. The van der Waals surface area contributed by atoms with Crippen molar-refractivity contribution >= 4 is 18.2 Å². The Morgan fingerprint density at radius 2 is 2.04 bits per heavy atom. The minimum atomic E-state index is -1.04. The first-order chi connectivity index (χ1) is 13.0. The molecule has 0 radical (unpaired) electrons. The van der Waals surface area contributed by atoms with Crippen molar-refractivity contribution in [2.45, 2.75) is 31.5 Å². The molecular weight excluding hydrogens is 356 g/mol. The predicted octanol–water partition coefficient (Wildman–Crippen LogP) is 1.61. The van der Waals surface area contributed by atoms with Gasteiger partial charge in [-0.3, -0.25) is 0 Å². The van der Waals surface area contributed by atoms with E-state index in [-0.39, 0.29) is 25.9 Å². The van der Waals surface area contributed by atoms with Gasteiger partial charge in [0.1, 0.15) is 6.61 Å². The van der Waals surface area contributed by atoms with Crippen molar-refractivity contribution < 1.29 is 33.7 Å². The van der Waals surface area contributed by atoms with Crippen molar-refractivity contribution in [3.8, 4) is 0 Å². The van der Waals surface area contributed by atoms with Crippen LogP contribution in [0.4, 0.5) is 9.59 Å². The first kappa shape index (κ1) is 20.5. The Morgan fingerprint density at radius 3 is 2.70 bits per heavy atom. The van der Waals surface area contributed by atoms with Gasteiger partial charge in [-0.2, -0.15) is 0 Å². The van der Waals surface area contributed by atoms with E-state index in [9.17, 15) is 14.4 Å². The number of carboxylic acid groups (broad SMARTS) is 1. The maximum Gasteiger partial charge on any atom is 0.408 e. The zero-order valence-corrected chi connectivity index (χ0v) is 15.1. The third-order valence-corrected chi connectivity index (χ3v) is 4.21. The van der Waals surface area contributed by atoms with Gasteiger partial charge in [0, 0.05) is 6.54 Å². The number of alkyl carbamates (subject to hydrolysis) is 1. The Morgan fingerprint density at radius 1 is 1.30 bits per heavy atom. The fraction of sp³-hybridized carbons (Fsp3) is 0.500. The number of carbonyl (C=O) groups is 3. The van der Waals surface area contributed by atoms with Crippen molar-refractivity contribution in [2.75, 3.05) is 26.9 Å². The van der Waals surface area contributed by atoms with E-state index in [0.717, 1.165) is 12.0 Å². The Kier molecular flexibility index (Phi) is 7.87. The van der Waals surface area contributed by atoms with Crippen LogP contribution in [0.15, 0.2) is 30.3 Å². The number of methoxy groups -OCH3 is 1. The molecule has 0 spiro atoms. The zero-order chi connectivity index (χ0) is 19.6. The summed E-state index contributed by atoms with van der Waals surface area (Å²) < 4.78 is 15.2. The second-order valence-corrected chi connectivity index (χ2v) is 6.09. The van der Waals surface area contributed by atoms with Crippen molar-refractivity contribution in [3.63, 3.8) is 0 Å². The summed E-state index contributed by atoms with van der Waals surface area (Å²) in [4.78, 5) is 36.2. The lowest BCUT2D eigenvalue weighted by Crippen LogP contribution is -2.46. The third-order valence-electron chi connectivity index (χ3n) is 4.21. The number of amides is 2. The average Bonchev–Trinajstić information content (AvgIpc) is 3.14. The molecule has 1 aromatic carbocycles. The fourth-order valence-corrected chi connectivity index (χ4v) is 2.80. The van der Waals surface area contributed by atoms with E-state index in [2.05, 4.69) is 10.1 Å². The van der Waals surface area contributed by atoms with E-state index >= 15 is 0 Å². The Labute approximate surface area is 157 Å². The minimum absolute atomic E-state index is 0.0665. The highest BCUT2D eigenvalue weighted by Crippen LogP contribution is 2.17. The van der Waals surface area contributed by atoms with Gasteiger partial charge in [-0.15, -0.1) is 0 Å². The monoisotopic (exact) mass is 380 g/mol. The molecule has 1 fully saturated rings. The quantitative estimate of drug-likeness (QED) is 0.659. The van der Waals surface area contributed by atoms with Crippen LogP contribution in [0.1, 0.15) is 18.4 Å². The number of likely N-dealkylation sites (tertiary alicyclic amines) is 1. The molecule has 2 atom stereocenters. The lowest BCUT2D eigenvalue weighted by atomic mass is 10.2. The Hall–Kier alpha value is -2.81. The molecule has 1 aliphatic heterocycles. The zero-order valence-electron chi connectivity index (χ0n) is 15.1. The van der Waals surface area contributed by atoms with Crippen molar-refractivity contribution in [1.29, 1.82) is 0 Å². The molecule has 2 N–H and O–H groups in total. The van der Waals surface area contributed by atoms with Crippen LogP contribution >= 0.6 is 0 Å². The topological polar surface area (TPSA) is 114 Å². The van der Waals surface area contributed by atoms with Crippen LogP contribution in [-0.4, -0.2) is 67.1 Å². The van der Waals surface area contributed by atoms with E-state index in [1.807, 2.05) is 30.3 Å². The lowest BCUT2D eigenvalue weighted by molar-refractivity contribution is -0.144. The number of ether oxygens (including phenoxy) is 3. The third kappa shape index (κ3) is 6.45. The van der Waals surface area contributed by atoms with Crippen LogP contribution in [0.5, 0.6) is 0 Å². The minimum Gasteiger partial charge on any atom is -0.467 e. The highest BCUT2D eigenvalue weighted by Gasteiger charge is 2.29. The Balaban J connectivity index is 1.79. The van der Waals surface area contributed by atoms with Gasteiger partial charge >= 0.3 is 18.2 Å². The normalized spacial score (nSPS) is 17.2. The fourth-order valence-electron chi connectivity index (χ4n) is 2.80. The molecule has 0 aliphatic carbocycles.